The Bertz CT molecular complexity index is 1620. The molecule has 172 valence electrons. The third kappa shape index (κ3) is 2.01. The maximum atomic E-state index is 15.2. The van der Waals surface area contributed by atoms with Gasteiger partial charge >= 0.3 is 6.16 Å². The molecule has 4 atom stereocenters. The number of hydrogen-bond donors (Lipinski definition) is 0. The summed E-state index contributed by atoms with van der Waals surface area (Å²) in [5.74, 6) is 0.00593. The molecule has 5 aromatic carbocycles. The third-order valence-electron chi connectivity index (χ3n) is 8.47. The van der Waals surface area contributed by atoms with E-state index in [9.17, 15) is 4.79 Å². The van der Waals surface area contributed by atoms with Gasteiger partial charge < -0.3 is 9.47 Å². The van der Waals surface area contributed by atoms with Crippen molar-refractivity contribution in [3.63, 3.8) is 0 Å². The molecule has 0 amide bonds. The lowest BCUT2D eigenvalue weighted by Gasteiger charge is -2.37. The number of carbonyl (C=O) groups is 2. The van der Waals surface area contributed by atoms with Gasteiger partial charge in [0.05, 0.1) is 0 Å². The molecule has 4 nitrogen and oxygen atoms in total. The average molecular weight is 469 g/mol. The SMILES string of the molecule is O=C1O[C@@H]2[C@H](O1)[C@@]1(c3ccccc3)C(=O)[C@]2(c2ccccc2)c2c1c1ccccc1c1ccccc21. The van der Waals surface area contributed by atoms with Gasteiger partial charge in [-0.25, -0.2) is 4.79 Å². The van der Waals surface area contributed by atoms with E-state index in [2.05, 4.69) is 24.3 Å². The number of rotatable bonds is 2. The topological polar surface area (TPSA) is 52.6 Å². The monoisotopic (exact) mass is 468 g/mol. The minimum atomic E-state index is -1.19. The first kappa shape index (κ1) is 19.8. The van der Waals surface area contributed by atoms with E-state index in [0.29, 0.717) is 0 Å². The maximum Gasteiger partial charge on any atom is 0.509 e. The van der Waals surface area contributed by atoms with Crippen molar-refractivity contribution in [2.75, 3.05) is 0 Å². The van der Waals surface area contributed by atoms with Crippen molar-refractivity contribution in [1.29, 1.82) is 0 Å². The molecular formula is C32H20O4. The van der Waals surface area contributed by atoms with Crippen molar-refractivity contribution in [3.05, 3.63) is 131 Å². The van der Waals surface area contributed by atoms with Crippen molar-refractivity contribution in [1.82, 2.24) is 0 Å². The van der Waals surface area contributed by atoms with Gasteiger partial charge in [-0.1, -0.05) is 109 Å². The van der Waals surface area contributed by atoms with Crippen LogP contribution in [0.25, 0.3) is 21.5 Å². The Morgan fingerprint density at radius 2 is 0.833 bits per heavy atom. The van der Waals surface area contributed by atoms with E-state index in [1.165, 1.54) is 0 Å². The van der Waals surface area contributed by atoms with Crippen LogP contribution in [0.4, 0.5) is 4.79 Å². The van der Waals surface area contributed by atoms with Crippen molar-refractivity contribution in [2.24, 2.45) is 0 Å². The first-order chi connectivity index (χ1) is 17.7. The molecule has 0 radical (unpaired) electrons. The molecule has 1 saturated carbocycles. The Morgan fingerprint density at radius 3 is 1.25 bits per heavy atom. The van der Waals surface area contributed by atoms with Gasteiger partial charge in [0.1, 0.15) is 10.8 Å². The molecule has 1 heterocycles. The summed E-state index contributed by atoms with van der Waals surface area (Å²) in [4.78, 5) is 28.0. The maximum absolute atomic E-state index is 15.2. The Balaban J connectivity index is 1.67. The Labute approximate surface area is 207 Å². The molecule has 5 aromatic rings. The highest BCUT2D eigenvalue weighted by Gasteiger charge is 2.81. The van der Waals surface area contributed by atoms with Gasteiger partial charge in [-0.05, 0) is 43.8 Å². The number of ketones is 1. The molecule has 0 unspecified atom stereocenters. The van der Waals surface area contributed by atoms with Crippen LogP contribution >= 0.6 is 0 Å². The second-order valence-electron chi connectivity index (χ2n) is 9.85. The molecular weight excluding hydrogens is 448 g/mol. The average Bonchev–Trinajstić information content (AvgIpc) is 3.51. The first-order valence-electron chi connectivity index (χ1n) is 12.2. The predicted molar refractivity (Wildman–Crippen MR) is 136 cm³/mol. The zero-order valence-electron chi connectivity index (χ0n) is 19.2. The van der Waals surface area contributed by atoms with Crippen molar-refractivity contribution < 1.29 is 19.1 Å². The van der Waals surface area contributed by atoms with Gasteiger partial charge in [-0.15, -0.1) is 0 Å². The van der Waals surface area contributed by atoms with Gasteiger partial charge in [-0.3, -0.25) is 4.79 Å². The number of Topliss-reactive ketones (excluding diaryl/α,β-unsaturated/α-hetero) is 1. The van der Waals surface area contributed by atoms with Crippen molar-refractivity contribution >= 4 is 33.5 Å². The molecule has 1 aliphatic heterocycles. The molecule has 2 aliphatic carbocycles. The smallest absolute Gasteiger partial charge is 0.425 e. The fourth-order valence-electron chi connectivity index (χ4n) is 7.31. The molecule has 0 N–H and O–H groups in total. The third-order valence-corrected chi connectivity index (χ3v) is 8.47. The van der Waals surface area contributed by atoms with Crippen molar-refractivity contribution in [3.8, 4) is 0 Å². The number of carbonyl (C=O) groups excluding carboxylic acids is 2. The summed E-state index contributed by atoms with van der Waals surface area (Å²) in [6, 6.07) is 36.0. The molecule has 1 saturated heterocycles. The number of ether oxygens (including phenoxy) is 2. The lowest BCUT2D eigenvalue weighted by molar-refractivity contribution is -0.125. The minimum absolute atomic E-state index is 0.00593. The van der Waals surface area contributed by atoms with E-state index in [4.69, 9.17) is 9.47 Å². The molecule has 36 heavy (non-hydrogen) atoms. The van der Waals surface area contributed by atoms with Gasteiger partial charge in [0.25, 0.3) is 0 Å². The van der Waals surface area contributed by atoms with Gasteiger partial charge in [0.15, 0.2) is 18.0 Å². The van der Waals surface area contributed by atoms with E-state index in [1.54, 1.807) is 0 Å². The predicted octanol–water partition coefficient (Wildman–Crippen LogP) is 6.07. The number of fused-ring (bicyclic) bond motifs is 13. The lowest BCUT2D eigenvalue weighted by Crippen LogP contribution is -2.46. The van der Waals surface area contributed by atoms with E-state index < -0.39 is 29.2 Å². The normalized spacial score (nSPS) is 27.7. The van der Waals surface area contributed by atoms with Crippen LogP contribution in [0, 0.1) is 0 Å². The van der Waals surface area contributed by atoms with E-state index in [-0.39, 0.29) is 5.78 Å². The van der Waals surface area contributed by atoms with E-state index in [0.717, 1.165) is 43.8 Å². The summed E-state index contributed by atoms with van der Waals surface area (Å²) < 4.78 is 11.9. The standard InChI is InChI=1S/C32H20O4/c33-29-31(19-11-3-1-4-12-19)25-23-17-9-7-15-21(23)22-16-8-10-18-24(22)26(25)32(29,20-13-5-2-6-14-20)28-27(31)35-30(34)36-28/h1-18,27-28H/t27-,28+,31-,32+. The largest absolute Gasteiger partial charge is 0.509 e. The Kier molecular flexibility index (Phi) is 3.64. The fraction of sp³-hybridized carbons (Fsp3) is 0.125. The lowest BCUT2D eigenvalue weighted by atomic mass is 9.66. The zero-order valence-corrected chi connectivity index (χ0v) is 19.2. The summed E-state index contributed by atoms with van der Waals surface area (Å²) in [6.07, 6.45) is -2.26. The van der Waals surface area contributed by atoms with Crippen LogP contribution in [-0.4, -0.2) is 24.1 Å². The van der Waals surface area contributed by atoms with Crippen LogP contribution in [0.2, 0.25) is 0 Å². The minimum Gasteiger partial charge on any atom is -0.425 e. The molecule has 4 heteroatoms. The number of benzene rings is 5. The highest BCUT2D eigenvalue weighted by Crippen LogP contribution is 2.68. The highest BCUT2D eigenvalue weighted by atomic mass is 16.8. The van der Waals surface area contributed by atoms with Gasteiger partial charge in [0, 0.05) is 0 Å². The van der Waals surface area contributed by atoms with Crippen molar-refractivity contribution in [2.45, 2.75) is 23.0 Å². The first-order valence-corrected chi connectivity index (χ1v) is 12.2. The van der Waals surface area contributed by atoms with Gasteiger partial charge in [-0.2, -0.15) is 0 Å². The van der Waals surface area contributed by atoms with Crippen LogP contribution in [0.1, 0.15) is 22.3 Å². The molecule has 0 aromatic heterocycles. The summed E-state index contributed by atoms with van der Waals surface area (Å²) in [5, 5.41) is 4.16. The van der Waals surface area contributed by atoms with Gasteiger partial charge in [0.2, 0.25) is 0 Å². The van der Waals surface area contributed by atoms with Crippen LogP contribution in [0.15, 0.2) is 109 Å². The zero-order chi connectivity index (χ0) is 24.1. The van der Waals surface area contributed by atoms with E-state index in [1.807, 2.05) is 84.9 Å². The van der Waals surface area contributed by atoms with E-state index >= 15 is 4.79 Å². The fourth-order valence-corrected chi connectivity index (χ4v) is 7.31. The molecule has 0 spiro atoms. The molecule has 3 aliphatic rings. The van der Waals surface area contributed by atoms with Crippen LogP contribution < -0.4 is 0 Å². The summed E-state index contributed by atoms with van der Waals surface area (Å²) >= 11 is 0. The molecule has 2 bridgehead atoms. The molecule has 2 fully saturated rings. The molecule has 8 rings (SSSR count). The Morgan fingerprint density at radius 1 is 0.472 bits per heavy atom. The second-order valence-corrected chi connectivity index (χ2v) is 9.85. The summed E-state index contributed by atoms with van der Waals surface area (Å²) in [7, 11) is 0. The Hall–Kier alpha value is -4.44. The van der Waals surface area contributed by atoms with Crippen LogP contribution in [0.3, 0.4) is 0 Å². The highest BCUT2D eigenvalue weighted by molar-refractivity contribution is 6.23. The van der Waals surface area contributed by atoms with Crippen LogP contribution in [-0.2, 0) is 25.1 Å². The summed E-state index contributed by atoms with van der Waals surface area (Å²) in [6.45, 7) is 0. The quantitative estimate of drug-likeness (QED) is 0.233. The second kappa shape index (κ2) is 6.61. The summed E-state index contributed by atoms with van der Waals surface area (Å²) in [5.41, 5.74) is 1.12. The number of hydrogen-bond acceptors (Lipinski definition) is 4. The van der Waals surface area contributed by atoms with Crippen LogP contribution in [0.5, 0.6) is 0 Å².